The Balaban J connectivity index is 1.66. The van der Waals surface area contributed by atoms with Gasteiger partial charge in [0.25, 0.3) is 5.91 Å². The number of hydrogen-bond acceptors (Lipinski definition) is 4. The van der Waals surface area contributed by atoms with Gasteiger partial charge >= 0.3 is 0 Å². The summed E-state index contributed by atoms with van der Waals surface area (Å²) in [5.41, 5.74) is 1.51. The van der Waals surface area contributed by atoms with E-state index < -0.39 is 0 Å². The lowest BCUT2D eigenvalue weighted by molar-refractivity contribution is -0.118. The van der Waals surface area contributed by atoms with Crippen LogP contribution in [-0.2, 0) is 9.53 Å². The molecule has 0 saturated carbocycles. The third-order valence-corrected chi connectivity index (χ3v) is 4.80. The number of halogens is 2. The molecule has 2 aromatic carbocycles. The van der Waals surface area contributed by atoms with Crippen molar-refractivity contribution in [3.8, 4) is 5.75 Å². The number of para-hydroxylation sites is 1. The largest absolute Gasteiger partial charge is 0.484 e. The smallest absolute Gasteiger partial charge is 0.262 e. The molecule has 2 aromatic rings. The number of carbonyl (C=O) groups is 1. The van der Waals surface area contributed by atoms with Crippen molar-refractivity contribution in [1.82, 2.24) is 0 Å². The third kappa shape index (κ3) is 4.99. The number of hydrogen-bond donors (Lipinski definition) is 1. The van der Waals surface area contributed by atoms with E-state index in [0.29, 0.717) is 29.7 Å². The molecule has 7 heteroatoms. The number of carbonyl (C=O) groups excluding carboxylic acids is 1. The fourth-order valence-electron chi connectivity index (χ4n) is 2.59. The van der Waals surface area contributed by atoms with Crippen LogP contribution in [0.5, 0.6) is 5.75 Å². The van der Waals surface area contributed by atoms with Crippen molar-refractivity contribution in [1.29, 1.82) is 0 Å². The minimum Gasteiger partial charge on any atom is -0.484 e. The Hall–Kier alpha value is -1.51. The summed E-state index contributed by atoms with van der Waals surface area (Å²) < 4.78 is 12.0. The van der Waals surface area contributed by atoms with E-state index in [2.05, 4.69) is 32.8 Å². The molecular weight excluding hydrogens is 455 g/mol. The van der Waals surface area contributed by atoms with Crippen LogP contribution in [0.2, 0.25) is 5.02 Å². The highest BCUT2D eigenvalue weighted by Crippen LogP contribution is 2.34. The van der Waals surface area contributed by atoms with E-state index >= 15 is 0 Å². The van der Waals surface area contributed by atoms with Crippen molar-refractivity contribution >= 4 is 51.5 Å². The maximum absolute atomic E-state index is 12.3. The minimum absolute atomic E-state index is 0.0599. The Morgan fingerprint density at radius 1 is 1.20 bits per heavy atom. The molecule has 0 bridgehead atoms. The van der Waals surface area contributed by atoms with Crippen molar-refractivity contribution in [2.24, 2.45) is 0 Å². The van der Waals surface area contributed by atoms with Crippen molar-refractivity contribution in [3.63, 3.8) is 0 Å². The Bertz CT molecular complexity index is 734. The normalized spacial score (nSPS) is 14.2. The van der Waals surface area contributed by atoms with E-state index in [9.17, 15) is 4.79 Å². The second-order valence-electron chi connectivity index (χ2n) is 5.53. The molecule has 0 unspecified atom stereocenters. The number of nitrogens with zero attached hydrogens (tertiary/aromatic N) is 1. The molecule has 1 fully saturated rings. The zero-order chi connectivity index (χ0) is 17.6. The monoisotopic (exact) mass is 472 g/mol. The van der Waals surface area contributed by atoms with Gasteiger partial charge in [-0.05, 0) is 59.0 Å². The van der Waals surface area contributed by atoms with Crippen LogP contribution in [0.15, 0.2) is 42.5 Å². The molecule has 25 heavy (non-hydrogen) atoms. The first kappa shape index (κ1) is 18.3. The number of rotatable bonds is 5. The van der Waals surface area contributed by atoms with E-state index in [1.165, 1.54) is 0 Å². The molecule has 132 valence electrons. The van der Waals surface area contributed by atoms with Gasteiger partial charge in [-0.25, -0.2) is 0 Å². The highest BCUT2D eigenvalue weighted by Gasteiger charge is 2.19. The molecule has 1 aliphatic heterocycles. The molecule has 1 heterocycles. The van der Waals surface area contributed by atoms with Crippen molar-refractivity contribution in [2.45, 2.75) is 0 Å². The van der Waals surface area contributed by atoms with E-state index in [1.807, 2.05) is 42.5 Å². The van der Waals surface area contributed by atoms with Gasteiger partial charge in [0.15, 0.2) is 6.61 Å². The third-order valence-electron chi connectivity index (χ3n) is 3.77. The van der Waals surface area contributed by atoms with Gasteiger partial charge in [0.05, 0.1) is 29.6 Å². The Labute approximate surface area is 165 Å². The molecule has 0 atom stereocenters. The van der Waals surface area contributed by atoms with Crippen LogP contribution in [-0.4, -0.2) is 38.8 Å². The highest BCUT2D eigenvalue weighted by molar-refractivity contribution is 14.1. The first-order valence-electron chi connectivity index (χ1n) is 7.93. The van der Waals surface area contributed by atoms with Gasteiger partial charge in [-0.3, -0.25) is 4.79 Å². The van der Waals surface area contributed by atoms with E-state index in [0.717, 1.165) is 22.3 Å². The molecule has 3 rings (SSSR count). The molecule has 1 saturated heterocycles. The van der Waals surface area contributed by atoms with Crippen LogP contribution in [0.1, 0.15) is 0 Å². The van der Waals surface area contributed by atoms with Crippen LogP contribution < -0.4 is 15.0 Å². The zero-order valence-corrected chi connectivity index (χ0v) is 16.4. The molecule has 1 amide bonds. The maximum atomic E-state index is 12.3. The molecule has 1 N–H and O–H groups in total. The predicted molar refractivity (Wildman–Crippen MR) is 108 cm³/mol. The van der Waals surface area contributed by atoms with Gasteiger partial charge in [-0.1, -0.05) is 17.7 Å². The predicted octanol–water partition coefficient (Wildman–Crippen LogP) is 3.80. The topological polar surface area (TPSA) is 50.8 Å². The molecule has 0 aromatic heterocycles. The molecule has 5 nitrogen and oxygen atoms in total. The number of morpholine rings is 1. The summed E-state index contributed by atoms with van der Waals surface area (Å²) in [6, 6.07) is 13.0. The van der Waals surface area contributed by atoms with Gasteiger partial charge in [-0.2, -0.15) is 0 Å². The average molecular weight is 473 g/mol. The van der Waals surface area contributed by atoms with Crippen molar-refractivity contribution in [3.05, 3.63) is 51.1 Å². The lowest BCUT2D eigenvalue weighted by Gasteiger charge is -2.31. The Morgan fingerprint density at radius 3 is 2.64 bits per heavy atom. The molecule has 1 aliphatic rings. The Kier molecular flexibility index (Phi) is 6.39. The fourth-order valence-corrected chi connectivity index (χ4v) is 3.24. The summed E-state index contributed by atoms with van der Waals surface area (Å²) in [5, 5.41) is 3.51. The van der Waals surface area contributed by atoms with Crippen LogP contribution in [0.25, 0.3) is 0 Å². The van der Waals surface area contributed by atoms with Gasteiger partial charge in [0.2, 0.25) is 0 Å². The number of anilines is 2. The second kappa shape index (κ2) is 8.73. The van der Waals surface area contributed by atoms with E-state index in [-0.39, 0.29) is 12.5 Å². The molecular formula is C18H18ClIN2O3. The Morgan fingerprint density at radius 2 is 1.92 bits per heavy atom. The summed E-state index contributed by atoms with van der Waals surface area (Å²) in [5.74, 6) is 0.436. The average Bonchev–Trinajstić information content (AvgIpc) is 2.62. The molecule has 0 radical (unpaired) electrons. The molecule has 0 aliphatic carbocycles. The van der Waals surface area contributed by atoms with Gasteiger partial charge in [0.1, 0.15) is 5.75 Å². The van der Waals surface area contributed by atoms with Crippen LogP contribution in [0.3, 0.4) is 0 Å². The number of ether oxygens (including phenoxy) is 2. The first-order chi connectivity index (χ1) is 12.1. The summed E-state index contributed by atoms with van der Waals surface area (Å²) in [6.07, 6.45) is 0. The van der Waals surface area contributed by atoms with Crippen molar-refractivity contribution < 1.29 is 14.3 Å². The number of benzene rings is 2. The van der Waals surface area contributed by atoms with Crippen LogP contribution in [0.4, 0.5) is 11.4 Å². The summed E-state index contributed by atoms with van der Waals surface area (Å²) in [4.78, 5) is 14.4. The lowest BCUT2D eigenvalue weighted by atomic mass is 10.2. The summed E-state index contributed by atoms with van der Waals surface area (Å²) in [7, 11) is 0. The fraction of sp³-hybridized carbons (Fsp3) is 0.278. The van der Waals surface area contributed by atoms with Crippen LogP contribution in [0, 0.1) is 3.57 Å². The van der Waals surface area contributed by atoms with Crippen molar-refractivity contribution in [2.75, 3.05) is 43.1 Å². The number of amides is 1. The summed E-state index contributed by atoms with van der Waals surface area (Å²) >= 11 is 8.59. The van der Waals surface area contributed by atoms with E-state index in [4.69, 9.17) is 21.1 Å². The number of nitrogens with one attached hydrogen (secondary N) is 1. The quantitative estimate of drug-likeness (QED) is 0.673. The lowest BCUT2D eigenvalue weighted by Crippen LogP contribution is -2.37. The first-order valence-corrected chi connectivity index (χ1v) is 9.38. The molecule has 0 spiro atoms. The highest BCUT2D eigenvalue weighted by atomic mass is 127. The maximum Gasteiger partial charge on any atom is 0.262 e. The van der Waals surface area contributed by atoms with Gasteiger partial charge in [-0.15, -0.1) is 0 Å². The van der Waals surface area contributed by atoms with Crippen LogP contribution >= 0.6 is 34.2 Å². The van der Waals surface area contributed by atoms with E-state index in [1.54, 1.807) is 0 Å². The minimum atomic E-state index is -0.227. The zero-order valence-electron chi connectivity index (χ0n) is 13.5. The second-order valence-corrected chi connectivity index (χ2v) is 7.18. The standard InChI is InChI=1S/C18H18ClIN2O3/c19-15-2-1-3-16(18(15)22-8-10-24-11-9-22)21-17(23)12-25-14-6-4-13(20)5-7-14/h1-7H,8-12H2,(H,21,23). The SMILES string of the molecule is O=C(COc1ccc(I)cc1)Nc1cccc(Cl)c1N1CCOCC1. The summed E-state index contributed by atoms with van der Waals surface area (Å²) in [6.45, 7) is 2.72. The van der Waals surface area contributed by atoms with Gasteiger partial charge in [0, 0.05) is 16.7 Å². The van der Waals surface area contributed by atoms with Gasteiger partial charge < -0.3 is 19.7 Å².